The van der Waals surface area contributed by atoms with Crippen LogP contribution in [0.1, 0.15) is 33.8 Å². The number of rotatable bonds is 6. The van der Waals surface area contributed by atoms with Crippen molar-refractivity contribution in [1.29, 1.82) is 0 Å². The van der Waals surface area contributed by atoms with Gasteiger partial charge >= 0.3 is 5.97 Å². The number of benzene rings is 3. The van der Waals surface area contributed by atoms with E-state index in [0.29, 0.717) is 25.4 Å². The third-order valence-corrected chi connectivity index (χ3v) is 6.83. The molecular formula is C31H27F2N3O4. The van der Waals surface area contributed by atoms with Gasteiger partial charge in [-0.2, -0.15) is 0 Å². The van der Waals surface area contributed by atoms with Crippen molar-refractivity contribution in [2.45, 2.75) is 12.3 Å². The zero-order chi connectivity index (χ0) is 28.2. The molecule has 0 spiro atoms. The number of fused-ring (bicyclic) bond motifs is 1. The Bertz CT molecular complexity index is 1490. The molecule has 4 aromatic rings. The third-order valence-electron chi connectivity index (χ3n) is 6.83. The molecule has 1 aliphatic rings. The fraction of sp³-hybridized carbons (Fsp3) is 0.194. The molecule has 0 fully saturated rings. The number of nitrogens with zero attached hydrogens (tertiary/aromatic N) is 3. The summed E-state index contributed by atoms with van der Waals surface area (Å²) in [6, 6.07) is 22.3. The molecule has 0 bridgehead atoms. The van der Waals surface area contributed by atoms with Crippen molar-refractivity contribution in [3.05, 3.63) is 113 Å². The van der Waals surface area contributed by atoms with E-state index in [1.165, 1.54) is 24.3 Å². The van der Waals surface area contributed by atoms with Gasteiger partial charge in [0.15, 0.2) is 11.6 Å². The van der Waals surface area contributed by atoms with E-state index in [4.69, 9.17) is 9.47 Å². The molecule has 2 heterocycles. The molecule has 1 amide bonds. The number of esters is 1. The molecule has 0 radical (unpaired) electrons. The second-order valence-corrected chi connectivity index (χ2v) is 9.29. The lowest BCUT2D eigenvalue weighted by Crippen LogP contribution is -2.34. The molecule has 0 unspecified atom stereocenters. The molecular weight excluding hydrogens is 516 g/mol. The minimum absolute atomic E-state index is 0.0949. The van der Waals surface area contributed by atoms with E-state index < -0.39 is 23.5 Å². The Balaban J connectivity index is 1.56. The van der Waals surface area contributed by atoms with Crippen LogP contribution in [0.5, 0.6) is 5.75 Å². The van der Waals surface area contributed by atoms with E-state index in [0.717, 1.165) is 23.3 Å². The first-order valence-corrected chi connectivity index (χ1v) is 12.7. The minimum Gasteiger partial charge on any atom is -0.491 e. The van der Waals surface area contributed by atoms with Crippen LogP contribution in [0.3, 0.4) is 0 Å². The molecule has 0 saturated heterocycles. The Labute approximate surface area is 230 Å². The van der Waals surface area contributed by atoms with Crippen LogP contribution in [0.25, 0.3) is 0 Å². The molecule has 0 N–H and O–H groups in total. The Morgan fingerprint density at radius 2 is 1.60 bits per heavy atom. The van der Waals surface area contributed by atoms with Gasteiger partial charge in [0.2, 0.25) is 5.91 Å². The summed E-state index contributed by atoms with van der Waals surface area (Å²) < 4.78 is 38.8. The highest BCUT2D eigenvalue weighted by molar-refractivity contribution is 6.05. The monoisotopic (exact) mass is 543 g/mol. The van der Waals surface area contributed by atoms with Gasteiger partial charge < -0.3 is 19.3 Å². The number of hydrogen-bond donors (Lipinski definition) is 0. The van der Waals surface area contributed by atoms with Gasteiger partial charge in [-0.15, -0.1) is 0 Å². The number of carbonyl (C=O) groups excluding carboxylic acids is 2. The van der Waals surface area contributed by atoms with Crippen molar-refractivity contribution in [2.75, 3.05) is 37.1 Å². The minimum atomic E-state index is -1.03. The third kappa shape index (κ3) is 5.22. The number of anilines is 3. The molecule has 40 heavy (non-hydrogen) atoms. The smallest absolute Gasteiger partial charge is 0.340 e. The van der Waals surface area contributed by atoms with Gasteiger partial charge in [0.1, 0.15) is 11.6 Å². The van der Waals surface area contributed by atoms with Gasteiger partial charge in [0, 0.05) is 25.7 Å². The maximum absolute atomic E-state index is 14.2. The van der Waals surface area contributed by atoms with Gasteiger partial charge in [-0.25, -0.2) is 18.6 Å². The summed E-state index contributed by atoms with van der Waals surface area (Å²) in [5, 5.41) is 0. The Hall–Kier alpha value is -4.79. The summed E-state index contributed by atoms with van der Waals surface area (Å²) in [4.78, 5) is 34.6. The van der Waals surface area contributed by atoms with Crippen molar-refractivity contribution < 1.29 is 27.8 Å². The molecule has 7 nitrogen and oxygen atoms in total. The lowest BCUT2D eigenvalue weighted by atomic mass is 9.90. The topological polar surface area (TPSA) is 72.0 Å². The van der Waals surface area contributed by atoms with Gasteiger partial charge in [-0.3, -0.25) is 4.79 Å². The van der Waals surface area contributed by atoms with E-state index in [-0.39, 0.29) is 28.6 Å². The summed E-state index contributed by atoms with van der Waals surface area (Å²) in [7, 11) is 2.83. The van der Waals surface area contributed by atoms with Crippen molar-refractivity contribution in [3.8, 4) is 5.75 Å². The van der Waals surface area contributed by atoms with Crippen LogP contribution in [-0.2, 0) is 9.53 Å². The van der Waals surface area contributed by atoms with E-state index in [1.807, 2.05) is 60.7 Å². The number of likely N-dealkylation sites (N-methyl/N-ethyl adjacent to an activating group) is 1. The van der Waals surface area contributed by atoms with Crippen LogP contribution in [0, 0.1) is 11.6 Å². The normalized spacial score (nSPS) is 12.8. The number of ether oxygens (including phenoxy) is 2. The lowest BCUT2D eigenvalue weighted by Gasteiger charge is -2.27. The first-order valence-electron chi connectivity index (χ1n) is 12.7. The average Bonchev–Trinajstić information content (AvgIpc) is 3.19. The predicted molar refractivity (Wildman–Crippen MR) is 147 cm³/mol. The average molecular weight is 544 g/mol. The number of hydrogen-bond acceptors (Lipinski definition) is 6. The molecule has 204 valence electrons. The maximum Gasteiger partial charge on any atom is 0.340 e. The molecule has 5 rings (SSSR count). The van der Waals surface area contributed by atoms with Crippen LogP contribution in [-0.4, -0.2) is 44.2 Å². The van der Waals surface area contributed by atoms with Gasteiger partial charge in [0.05, 0.1) is 42.8 Å². The fourth-order valence-electron chi connectivity index (χ4n) is 4.81. The highest BCUT2D eigenvalue weighted by atomic mass is 19.2. The zero-order valence-electron chi connectivity index (χ0n) is 22.0. The number of pyridine rings is 1. The molecule has 0 atom stereocenters. The summed E-state index contributed by atoms with van der Waals surface area (Å²) in [5.74, 6) is -3.17. The molecule has 0 saturated carbocycles. The highest BCUT2D eigenvalue weighted by Gasteiger charge is 2.30. The van der Waals surface area contributed by atoms with Gasteiger partial charge in [-0.1, -0.05) is 60.7 Å². The van der Waals surface area contributed by atoms with Crippen LogP contribution >= 0.6 is 0 Å². The molecule has 0 aliphatic carbocycles. The standard InChI is InChI=1S/C31H27F2N3O4/c1-35(30(37)29(20-10-5-3-6-11-20)21-12-7-4-8-13-21)26-19-34-28(16-22(26)31(38)39-2)36-14-9-15-40-27-18-24(33)23(32)17-25(27)36/h3-8,10-13,16-19,29H,9,14-15H2,1-2H3. The lowest BCUT2D eigenvalue weighted by molar-refractivity contribution is -0.118. The van der Waals surface area contributed by atoms with Gasteiger partial charge in [-0.05, 0) is 23.6 Å². The van der Waals surface area contributed by atoms with E-state index in [9.17, 15) is 18.4 Å². The largest absolute Gasteiger partial charge is 0.491 e. The van der Waals surface area contributed by atoms with Crippen molar-refractivity contribution >= 4 is 29.1 Å². The number of halogens is 2. The van der Waals surface area contributed by atoms with Crippen LogP contribution < -0.4 is 14.5 Å². The first-order chi connectivity index (χ1) is 19.4. The predicted octanol–water partition coefficient (Wildman–Crippen LogP) is 5.86. The number of carbonyl (C=O) groups is 2. The van der Waals surface area contributed by atoms with Gasteiger partial charge in [0.25, 0.3) is 0 Å². The van der Waals surface area contributed by atoms with Crippen LogP contribution in [0.2, 0.25) is 0 Å². The van der Waals surface area contributed by atoms with E-state index >= 15 is 0 Å². The second-order valence-electron chi connectivity index (χ2n) is 9.29. The maximum atomic E-state index is 14.2. The Morgan fingerprint density at radius 1 is 0.975 bits per heavy atom. The van der Waals surface area contributed by atoms with E-state index in [1.54, 1.807) is 11.9 Å². The zero-order valence-corrected chi connectivity index (χ0v) is 22.0. The van der Waals surface area contributed by atoms with Crippen molar-refractivity contribution in [2.24, 2.45) is 0 Å². The Morgan fingerprint density at radius 3 is 2.23 bits per heavy atom. The summed E-state index contributed by atoms with van der Waals surface area (Å²) in [6.07, 6.45) is 1.96. The van der Waals surface area contributed by atoms with Crippen molar-refractivity contribution in [3.63, 3.8) is 0 Å². The summed E-state index contributed by atoms with van der Waals surface area (Å²) in [6.45, 7) is 0.679. The first kappa shape index (κ1) is 26.8. The molecule has 1 aromatic heterocycles. The second kappa shape index (κ2) is 11.5. The quantitative estimate of drug-likeness (QED) is 0.284. The molecule has 3 aromatic carbocycles. The van der Waals surface area contributed by atoms with Crippen LogP contribution in [0.4, 0.5) is 26.0 Å². The fourth-order valence-corrected chi connectivity index (χ4v) is 4.81. The van der Waals surface area contributed by atoms with E-state index in [2.05, 4.69) is 4.98 Å². The summed E-state index contributed by atoms with van der Waals surface area (Å²) in [5.41, 5.74) is 2.21. The summed E-state index contributed by atoms with van der Waals surface area (Å²) >= 11 is 0. The molecule has 9 heteroatoms. The number of methoxy groups -OCH3 is 1. The number of aromatic nitrogens is 1. The highest BCUT2D eigenvalue weighted by Crippen LogP contribution is 2.38. The van der Waals surface area contributed by atoms with Crippen LogP contribution in [0.15, 0.2) is 85.1 Å². The Kier molecular flexibility index (Phi) is 7.72. The SMILES string of the molecule is COC(=O)c1cc(N2CCCOc3cc(F)c(F)cc32)ncc1N(C)C(=O)C(c1ccccc1)c1ccccc1. The number of amides is 1. The molecule has 1 aliphatic heterocycles. The van der Waals surface area contributed by atoms with Crippen molar-refractivity contribution in [1.82, 2.24) is 4.98 Å².